The minimum atomic E-state index is 0.0416. The van der Waals surface area contributed by atoms with E-state index in [-0.39, 0.29) is 5.91 Å². The highest BCUT2D eigenvalue weighted by Gasteiger charge is 2.24. The van der Waals surface area contributed by atoms with Gasteiger partial charge in [0.05, 0.1) is 0 Å². The van der Waals surface area contributed by atoms with Crippen LogP contribution in [0.3, 0.4) is 0 Å². The second-order valence-electron chi connectivity index (χ2n) is 7.51. The molecule has 0 radical (unpaired) electrons. The van der Waals surface area contributed by atoms with Crippen LogP contribution in [0.2, 0.25) is 0 Å². The molecule has 6 heteroatoms. The van der Waals surface area contributed by atoms with E-state index in [0.717, 1.165) is 42.3 Å². The molecule has 0 unspecified atom stereocenters. The predicted molar refractivity (Wildman–Crippen MR) is 118 cm³/mol. The molecule has 4 heterocycles. The molecule has 4 rings (SSSR count). The van der Waals surface area contributed by atoms with Gasteiger partial charge < -0.3 is 10.2 Å². The molecule has 152 valence electrons. The highest BCUT2D eigenvalue weighted by atomic mass is 16.2. The lowest BCUT2D eigenvalue weighted by molar-refractivity contribution is -0.127. The Morgan fingerprint density at radius 2 is 2.10 bits per heavy atom. The molecule has 1 N–H and O–H groups in total. The van der Waals surface area contributed by atoms with E-state index in [1.54, 1.807) is 18.5 Å². The first kappa shape index (κ1) is 19.8. The molecule has 3 aromatic rings. The van der Waals surface area contributed by atoms with Gasteiger partial charge in [-0.2, -0.15) is 0 Å². The van der Waals surface area contributed by atoms with Crippen LogP contribution in [-0.2, 0) is 4.79 Å². The van der Waals surface area contributed by atoms with Gasteiger partial charge in [-0.3, -0.25) is 9.78 Å². The summed E-state index contributed by atoms with van der Waals surface area (Å²) < 4.78 is 0. The molecule has 1 aliphatic heterocycles. The molecule has 1 fully saturated rings. The fourth-order valence-electron chi connectivity index (χ4n) is 3.71. The zero-order valence-corrected chi connectivity index (χ0v) is 17.0. The molecule has 0 aliphatic carbocycles. The van der Waals surface area contributed by atoms with E-state index >= 15 is 0 Å². The summed E-state index contributed by atoms with van der Waals surface area (Å²) in [6, 6.07) is 13.8. The number of hydrogen-bond acceptors (Lipinski definition) is 5. The maximum absolute atomic E-state index is 12.7. The molecule has 0 aromatic carbocycles. The standard InChI is InChI=1S/C24H25N5O/c1-18-5-2-8-22(27-18)28-23-15-20(11-13-26-23)21-7-4-14-29(17-21)24(30)10-9-19-6-3-12-25-16-19/h2-3,5-6,8-13,15-16,21H,4,7,14,17H2,1H3,(H,26,27,28)/b10-9+/t21-/m0/s1. The van der Waals surface area contributed by atoms with Gasteiger partial charge in [0, 0.05) is 49.4 Å². The lowest BCUT2D eigenvalue weighted by Gasteiger charge is -2.32. The molecule has 0 saturated carbocycles. The van der Waals surface area contributed by atoms with Crippen molar-refractivity contribution in [2.45, 2.75) is 25.7 Å². The molecule has 1 saturated heterocycles. The molecule has 6 nitrogen and oxygen atoms in total. The van der Waals surface area contributed by atoms with E-state index in [1.165, 1.54) is 5.56 Å². The quantitative estimate of drug-likeness (QED) is 0.646. The summed E-state index contributed by atoms with van der Waals surface area (Å²) in [6.07, 6.45) is 10.8. The topological polar surface area (TPSA) is 71.0 Å². The van der Waals surface area contributed by atoms with Gasteiger partial charge >= 0.3 is 0 Å². The summed E-state index contributed by atoms with van der Waals surface area (Å²) in [6.45, 7) is 3.46. The van der Waals surface area contributed by atoms with Crippen molar-refractivity contribution in [1.82, 2.24) is 19.9 Å². The molecule has 3 aromatic heterocycles. The summed E-state index contributed by atoms with van der Waals surface area (Å²) in [5, 5.41) is 3.28. The number of aryl methyl sites for hydroxylation is 1. The Morgan fingerprint density at radius 3 is 2.93 bits per heavy atom. The third-order valence-electron chi connectivity index (χ3n) is 5.24. The first-order chi connectivity index (χ1) is 14.7. The molecule has 1 atom stereocenters. The van der Waals surface area contributed by atoms with Crippen molar-refractivity contribution < 1.29 is 4.79 Å². The molecule has 0 bridgehead atoms. The number of hydrogen-bond donors (Lipinski definition) is 1. The van der Waals surface area contributed by atoms with Crippen LogP contribution in [0.15, 0.2) is 67.1 Å². The Bertz CT molecular complexity index is 1030. The van der Waals surface area contributed by atoms with Crippen molar-refractivity contribution in [3.63, 3.8) is 0 Å². The third kappa shape index (κ3) is 5.08. The van der Waals surface area contributed by atoms with E-state index in [4.69, 9.17) is 0 Å². The number of likely N-dealkylation sites (tertiary alicyclic amines) is 1. The van der Waals surface area contributed by atoms with Gasteiger partial charge in [-0.05, 0) is 67.3 Å². The van der Waals surface area contributed by atoms with E-state index in [2.05, 4.69) is 26.3 Å². The Kier molecular flexibility index (Phi) is 6.13. The maximum atomic E-state index is 12.7. The fourth-order valence-corrected chi connectivity index (χ4v) is 3.71. The van der Waals surface area contributed by atoms with Gasteiger partial charge in [-0.1, -0.05) is 12.1 Å². The number of nitrogens with zero attached hydrogens (tertiary/aromatic N) is 4. The summed E-state index contributed by atoms with van der Waals surface area (Å²) in [7, 11) is 0. The number of rotatable bonds is 5. The summed E-state index contributed by atoms with van der Waals surface area (Å²) in [5.74, 6) is 1.88. The van der Waals surface area contributed by atoms with E-state index in [9.17, 15) is 4.79 Å². The van der Waals surface area contributed by atoms with Crippen LogP contribution in [0, 0.1) is 6.92 Å². The van der Waals surface area contributed by atoms with Crippen LogP contribution in [0.25, 0.3) is 6.08 Å². The minimum absolute atomic E-state index is 0.0416. The fraction of sp³-hybridized carbons (Fsp3) is 0.250. The second-order valence-corrected chi connectivity index (χ2v) is 7.51. The lowest BCUT2D eigenvalue weighted by Crippen LogP contribution is -2.38. The number of anilines is 2. The number of piperidine rings is 1. The number of aromatic nitrogens is 3. The number of pyridine rings is 3. The number of amides is 1. The highest BCUT2D eigenvalue weighted by Crippen LogP contribution is 2.28. The third-order valence-corrected chi connectivity index (χ3v) is 5.24. The van der Waals surface area contributed by atoms with Gasteiger partial charge in [0.15, 0.2) is 0 Å². The normalized spacial score (nSPS) is 16.6. The van der Waals surface area contributed by atoms with Crippen LogP contribution < -0.4 is 5.32 Å². The predicted octanol–water partition coefficient (Wildman–Crippen LogP) is 4.34. The molecular weight excluding hydrogens is 374 g/mol. The van der Waals surface area contributed by atoms with Crippen LogP contribution in [0.4, 0.5) is 11.6 Å². The summed E-state index contributed by atoms with van der Waals surface area (Å²) in [5.41, 5.74) is 3.07. The van der Waals surface area contributed by atoms with Gasteiger partial charge in [0.2, 0.25) is 5.91 Å². The average molecular weight is 399 g/mol. The summed E-state index contributed by atoms with van der Waals surface area (Å²) >= 11 is 0. The SMILES string of the molecule is Cc1cccc(Nc2cc([C@H]3CCCN(C(=O)/C=C/c4cccnc4)C3)ccn2)n1. The molecule has 1 amide bonds. The minimum Gasteiger partial charge on any atom is -0.339 e. The van der Waals surface area contributed by atoms with Crippen molar-refractivity contribution in [3.8, 4) is 0 Å². The average Bonchev–Trinajstić information content (AvgIpc) is 2.78. The monoisotopic (exact) mass is 399 g/mol. The molecule has 0 spiro atoms. The van der Waals surface area contributed by atoms with Crippen LogP contribution in [0.1, 0.15) is 35.6 Å². The lowest BCUT2D eigenvalue weighted by atomic mass is 9.91. The largest absolute Gasteiger partial charge is 0.339 e. The van der Waals surface area contributed by atoms with Gasteiger partial charge in [0.25, 0.3) is 0 Å². The van der Waals surface area contributed by atoms with E-state index in [0.29, 0.717) is 12.5 Å². The van der Waals surface area contributed by atoms with E-state index in [1.807, 2.05) is 60.5 Å². The van der Waals surface area contributed by atoms with Crippen LogP contribution >= 0.6 is 0 Å². The van der Waals surface area contributed by atoms with Crippen molar-refractivity contribution in [2.75, 3.05) is 18.4 Å². The Morgan fingerprint density at radius 1 is 1.17 bits per heavy atom. The van der Waals surface area contributed by atoms with Gasteiger partial charge in [-0.25, -0.2) is 9.97 Å². The smallest absolute Gasteiger partial charge is 0.246 e. The number of carbonyl (C=O) groups is 1. The summed E-state index contributed by atoms with van der Waals surface area (Å²) in [4.78, 5) is 27.6. The Hall–Kier alpha value is -3.54. The Balaban J connectivity index is 1.43. The van der Waals surface area contributed by atoms with Crippen molar-refractivity contribution in [2.24, 2.45) is 0 Å². The van der Waals surface area contributed by atoms with Crippen LogP contribution in [0.5, 0.6) is 0 Å². The van der Waals surface area contributed by atoms with Gasteiger partial charge in [-0.15, -0.1) is 0 Å². The first-order valence-electron chi connectivity index (χ1n) is 10.2. The van der Waals surface area contributed by atoms with Gasteiger partial charge in [0.1, 0.15) is 11.6 Å². The first-order valence-corrected chi connectivity index (χ1v) is 10.2. The van der Waals surface area contributed by atoms with Crippen molar-refractivity contribution >= 4 is 23.6 Å². The van der Waals surface area contributed by atoms with E-state index < -0.39 is 0 Å². The second kappa shape index (κ2) is 9.31. The maximum Gasteiger partial charge on any atom is 0.246 e. The van der Waals surface area contributed by atoms with Crippen molar-refractivity contribution in [1.29, 1.82) is 0 Å². The zero-order chi connectivity index (χ0) is 20.8. The molecular formula is C24H25N5O. The van der Waals surface area contributed by atoms with Crippen LogP contribution in [-0.4, -0.2) is 38.8 Å². The number of nitrogens with one attached hydrogen (secondary N) is 1. The molecule has 30 heavy (non-hydrogen) atoms. The highest BCUT2D eigenvalue weighted by molar-refractivity contribution is 5.91. The zero-order valence-electron chi connectivity index (χ0n) is 17.0. The van der Waals surface area contributed by atoms with Crippen molar-refractivity contribution in [3.05, 3.63) is 84.0 Å². The Labute approximate surface area is 176 Å². The molecule has 1 aliphatic rings. The number of carbonyl (C=O) groups excluding carboxylic acids is 1.